The third kappa shape index (κ3) is 5.48. The maximum absolute atomic E-state index is 13.0. The molecule has 0 aromatic heterocycles. The highest BCUT2D eigenvalue weighted by molar-refractivity contribution is 6.30. The molecule has 2 aliphatic heterocycles. The molecule has 2 aromatic rings. The quantitative estimate of drug-likeness (QED) is 0.528. The van der Waals surface area contributed by atoms with Gasteiger partial charge in [-0.1, -0.05) is 17.7 Å². The molecule has 180 valence electrons. The molecule has 9 nitrogen and oxygen atoms in total. The van der Waals surface area contributed by atoms with Crippen molar-refractivity contribution in [3.05, 3.63) is 68.7 Å². The minimum Gasteiger partial charge on any atom is -0.364 e. The van der Waals surface area contributed by atoms with E-state index in [1.54, 1.807) is 46.2 Å². The molecule has 0 atom stereocenters. The average Bonchev–Trinajstić information content (AvgIpc) is 3.26. The van der Waals surface area contributed by atoms with Crippen LogP contribution in [0.5, 0.6) is 0 Å². The van der Waals surface area contributed by atoms with Crippen LogP contribution in [0, 0.1) is 10.1 Å². The average molecular weight is 486 g/mol. The van der Waals surface area contributed by atoms with Gasteiger partial charge in [-0.3, -0.25) is 19.7 Å². The molecule has 0 unspecified atom stereocenters. The monoisotopic (exact) mass is 485 g/mol. The van der Waals surface area contributed by atoms with Crippen molar-refractivity contribution in [2.24, 2.45) is 0 Å². The number of nitrogens with zero attached hydrogens (tertiary/aromatic N) is 4. The fourth-order valence-corrected chi connectivity index (χ4v) is 4.66. The number of carbonyl (C=O) groups excluding carboxylic acids is 2. The molecule has 0 aliphatic carbocycles. The maximum Gasteiger partial charge on any atom is 0.293 e. The van der Waals surface area contributed by atoms with Gasteiger partial charge in [0.15, 0.2) is 0 Å². The van der Waals surface area contributed by atoms with Crippen LogP contribution in [-0.2, 0) is 0 Å². The molecular weight excluding hydrogens is 458 g/mol. The van der Waals surface area contributed by atoms with Crippen molar-refractivity contribution in [3.8, 4) is 0 Å². The van der Waals surface area contributed by atoms with Gasteiger partial charge in [-0.15, -0.1) is 0 Å². The number of rotatable bonds is 4. The van der Waals surface area contributed by atoms with E-state index in [4.69, 9.17) is 11.6 Å². The second-order valence-electron chi connectivity index (χ2n) is 8.50. The molecule has 2 aliphatic rings. The second-order valence-corrected chi connectivity index (χ2v) is 8.94. The molecule has 1 N–H and O–H groups in total. The number of hydrogen-bond acceptors (Lipinski definition) is 6. The zero-order chi connectivity index (χ0) is 24.1. The first-order valence-corrected chi connectivity index (χ1v) is 11.9. The molecule has 10 heteroatoms. The van der Waals surface area contributed by atoms with Crippen LogP contribution >= 0.6 is 11.6 Å². The SMILES string of the molecule is O=C(c1ccc(N2CCCN(C(=O)c3cccc(Cl)c3)CC2)c([N+](=O)[O-])c1)N1CCCNCC1. The topological polar surface area (TPSA) is 99.0 Å². The lowest BCUT2D eigenvalue weighted by molar-refractivity contribution is -0.384. The Labute approximate surface area is 203 Å². The van der Waals surface area contributed by atoms with E-state index in [2.05, 4.69) is 5.32 Å². The molecule has 0 saturated carbocycles. The van der Waals surface area contributed by atoms with Gasteiger partial charge in [0, 0.05) is 68.0 Å². The molecule has 2 aromatic carbocycles. The predicted molar refractivity (Wildman–Crippen MR) is 131 cm³/mol. The van der Waals surface area contributed by atoms with E-state index in [-0.39, 0.29) is 17.5 Å². The lowest BCUT2D eigenvalue weighted by atomic mass is 10.1. The van der Waals surface area contributed by atoms with Gasteiger partial charge in [0.1, 0.15) is 5.69 Å². The molecule has 34 heavy (non-hydrogen) atoms. The number of benzene rings is 2. The molecule has 2 amide bonds. The zero-order valence-electron chi connectivity index (χ0n) is 18.9. The zero-order valence-corrected chi connectivity index (χ0v) is 19.7. The van der Waals surface area contributed by atoms with Gasteiger partial charge in [-0.25, -0.2) is 0 Å². The molecule has 4 rings (SSSR count). The highest BCUT2D eigenvalue weighted by atomic mass is 35.5. The van der Waals surface area contributed by atoms with Crippen molar-refractivity contribution in [1.29, 1.82) is 0 Å². The largest absolute Gasteiger partial charge is 0.364 e. The molecule has 2 heterocycles. The molecular formula is C24H28ClN5O4. The predicted octanol–water partition coefficient (Wildman–Crippen LogP) is 3.04. The van der Waals surface area contributed by atoms with Gasteiger partial charge < -0.3 is 20.0 Å². The van der Waals surface area contributed by atoms with Crippen LogP contribution in [-0.4, -0.2) is 78.9 Å². The minimum atomic E-state index is -0.435. The van der Waals surface area contributed by atoms with Crippen molar-refractivity contribution in [2.45, 2.75) is 12.8 Å². The first-order valence-electron chi connectivity index (χ1n) is 11.5. The molecule has 0 radical (unpaired) electrons. The number of hydrogen-bond donors (Lipinski definition) is 1. The van der Waals surface area contributed by atoms with Crippen molar-refractivity contribution in [2.75, 3.05) is 57.3 Å². The molecule has 0 bridgehead atoms. The normalized spacial score (nSPS) is 17.1. The van der Waals surface area contributed by atoms with E-state index in [0.717, 1.165) is 13.0 Å². The second kappa shape index (κ2) is 10.8. The molecule has 2 fully saturated rings. The van der Waals surface area contributed by atoms with Crippen LogP contribution in [0.2, 0.25) is 5.02 Å². The maximum atomic E-state index is 13.0. The smallest absolute Gasteiger partial charge is 0.293 e. The van der Waals surface area contributed by atoms with Crippen LogP contribution in [0.4, 0.5) is 11.4 Å². The van der Waals surface area contributed by atoms with Crippen LogP contribution in [0.1, 0.15) is 33.6 Å². The lowest BCUT2D eigenvalue weighted by Crippen LogP contribution is -2.35. The Bertz CT molecular complexity index is 1070. The summed E-state index contributed by atoms with van der Waals surface area (Å²) in [5, 5.41) is 15.7. The van der Waals surface area contributed by atoms with E-state index in [1.807, 2.05) is 4.90 Å². The fraction of sp³-hybridized carbons (Fsp3) is 0.417. The standard InChI is InChI=1S/C24H28ClN5O4/c25-20-5-1-4-18(16-20)23(31)29-12-3-11-27(14-15-29)21-7-6-19(17-22(21)30(33)34)24(32)28-10-2-8-26-9-13-28/h1,4-7,16-17,26H,2-3,8-15H2. The number of amides is 2. The summed E-state index contributed by atoms with van der Waals surface area (Å²) in [5.74, 6) is -0.292. The number of nitro benzene ring substituents is 1. The third-order valence-corrected chi connectivity index (χ3v) is 6.48. The Balaban J connectivity index is 1.50. The minimum absolute atomic E-state index is 0.0894. The van der Waals surface area contributed by atoms with E-state index < -0.39 is 4.92 Å². The highest BCUT2D eigenvalue weighted by Crippen LogP contribution is 2.31. The van der Waals surface area contributed by atoms with Crippen molar-refractivity contribution in [3.63, 3.8) is 0 Å². The number of nitro groups is 1. The Morgan fingerprint density at radius 3 is 2.35 bits per heavy atom. The summed E-state index contributed by atoms with van der Waals surface area (Å²) in [7, 11) is 0. The summed E-state index contributed by atoms with van der Waals surface area (Å²) in [6.07, 6.45) is 1.52. The van der Waals surface area contributed by atoms with Crippen LogP contribution in [0.25, 0.3) is 0 Å². The fourth-order valence-electron chi connectivity index (χ4n) is 4.47. The number of nitrogens with one attached hydrogen (secondary N) is 1. The van der Waals surface area contributed by atoms with Crippen molar-refractivity contribution in [1.82, 2.24) is 15.1 Å². The number of halogens is 1. The van der Waals surface area contributed by atoms with Crippen LogP contribution in [0.15, 0.2) is 42.5 Å². The summed E-state index contributed by atoms with van der Waals surface area (Å²) in [6.45, 7) is 4.79. The van der Waals surface area contributed by atoms with E-state index in [0.29, 0.717) is 74.1 Å². The first kappa shape index (κ1) is 24.0. The van der Waals surface area contributed by atoms with Gasteiger partial charge in [0.2, 0.25) is 0 Å². The van der Waals surface area contributed by atoms with Gasteiger partial charge in [-0.2, -0.15) is 0 Å². The summed E-state index contributed by atoms with van der Waals surface area (Å²) in [6, 6.07) is 11.6. The van der Waals surface area contributed by atoms with E-state index in [9.17, 15) is 19.7 Å². The number of anilines is 1. The molecule has 2 saturated heterocycles. The third-order valence-electron chi connectivity index (χ3n) is 6.24. The van der Waals surface area contributed by atoms with Crippen LogP contribution in [0.3, 0.4) is 0 Å². The summed E-state index contributed by atoms with van der Waals surface area (Å²) in [5.41, 5.74) is 1.23. The summed E-state index contributed by atoms with van der Waals surface area (Å²) in [4.78, 5) is 42.8. The Hall–Kier alpha value is -3.17. The van der Waals surface area contributed by atoms with Crippen molar-refractivity contribution >= 4 is 34.8 Å². The van der Waals surface area contributed by atoms with Crippen LogP contribution < -0.4 is 10.2 Å². The summed E-state index contributed by atoms with van der Waals surface area (Å²) < 4.78 is 0. The van der Waals surface area contributed by atoms with Gasteiger partial charge in [-0.05, 0) is 49.7 Å². The first-order chi connectivity index (χ1) is 16.4. The Morgan fingerprint density at radius 1 is 0.853 bits per heavy atom. The molecule has 0 spiro atoms. The summed E-state index contributed by atoms with van der Waals surface area (Å²) >= 11 is 6.03. The Morgan fingerprint density at radius 2 is 1.59 bits per heavy atom. The van der Waals surface area contributed by atoms with Gasteiger partial charge >= 0.3 is 0 Å². The van der Waals surface area contributed by atoms with Crippen molar-refractivity contribution < 1.29 is 14.5 Å². The van der Waals surface area contributed by atoms with E-state index >= 15 is 0 Å². The lowest BCUT2D eigenvalue weighted by Gasteiger charge is -2.24. The highest BCUT2D eigenvalue weighted by Gasteiger charge is 2.27. The Kier molecular flexibility index (Phi) is 7.64. The number of carbonyl (C=O) groups is 2. The van der Waals surface area contributed by atoms with Gasteiger partial charge in [0.05, 0.1) is 4.92 Å². The van der Waals surface area contributed by atoms with Gasteiger partial charge in [0.25, 0.3) is 17.5 Å². The van der Waals surface area contributed by atoms with E-state index in [1.165, 1.54) is 6.07 Å².